The van der Waals surface area contributed by atoms with E-state index in [1.807, 2.05) is 42.8 Å². The van der Waals surface area contributed by atoms with Crippen LogP contribution in [0.25, 0.3) is 5.69 Å². The number of nitrogens with zero attached hydrogens (tertiary/aromatic N) is 3. The van der Waals surface area contributed by atoms with Crippen LogP contribution in [-0.4, -0.2) is 32.7 Å². The second-order valence-corrected chi connectivity index (χ2v) is 7.57. The molecule has 1 aromatic carbocycles. The van der Waals surface area contributed by atoms with Crippen molar-refractivity contribution in [3.63, 3.8) is 0 Å². The molecule has 134 valence electrons. The van der Waals surface area contributed by atoms with Gasteiger partial charge in [-0.15, -0.1) is 0 Å². The van der Waals surface area contributed by atoms with Crippen molar-refractivity contribution in [2.45, 2.75) is 65.5 Å². The molecule has 1 fully saturated rings. The van der Waals surface area contributed by atoms with Crippen molar-refractivity contribution in [3.05, 3.63) is 46.2 Å². The molecule has 2 aromatic rings. The van der Waals surface area contributed by atoms with Gasteiger partial charge in [0.15, 0.2) is 0 Å². The quantitative estimate of drug-likeness (QED) is 0.775. The summed E-state index contributed by atoms with van der Waals surface area (Å²) in [6.45, 7) is 8.04. The van der Waals surface area contributed by atoms with Crippen LogP contribution in [0.15, 0.2) is 24.3 Å². The lowest BCUT2D eigenvalue weighted by Crippen LogP contribution is -2.43. The van der Waals surface area contributed by atoms with Gasteiger partial charge in [0.05, 0.1) is 22.1 Å². The van der Waals surface area contributed by atoms with Gasteiger partial charge >= 0.3 is 0 Å². The number of carbonyl (C=O) groups is 1. The Kier molecular flexibility index (Phi) is 5.19. The van der Waals surface area contributed by atoms with Crippen LogP contribution in [-0.2, 0) is 0 Å². The maximum atomic E-state index is 13.0. The number of benzene rings is 1. The van der Waals surface area contributed by atoms with Crippen molar-refractivity contribution >= 4 is 17.5 Å². The van der Waals surface area contributed by atoms with Crippen LogP contribution >= 0.6 is 11.6 Å². The first-order valence-electron chi connectivity index (χ1n) is 9.05. The predicted molar refractivity (Wildman–Crippen MR) is 102 cm³/mol. The molecule has 1 aliphatic rings. The van der Waals surface area contributed by atoms with E-state index < -0.39 is 0 Å². The van der Waals surface area contributed by atoms with Gasteiger partial charge in [0, 0.05) is 17.6 Å². The molecule has 3 rings (SSSR count). The fourth-order valence-corrected chi connectivity index (χ4v) is 3.89. The fraction of sp³-hybridized carbons (Fsp3) is 0.500. The number of halogens is 1. The van der Waals surface area contributed by atoms with Crippen LogP contribution in [0.5, 0.6) is 0 Å². The molecule has 4 nitrogen and oxygen atoms in total. The zero-order valence-electron chi connectivity index (χ0n) is 15.4. The third-order valence-electron chi connectivity index (χ3n) is 5.07. The predicted octanol–water partition coefficient (Wildman–Crippen LogP) is 4.94. The standard InChI is InChI=1S/C20H26ClN3O/c1-13(2)23(17-7-5-6-8-17)20(25)16-9-11-18(12-10-16)24-15(4)19(21)14(3)22-24/h9-13,17H,5-8H2,1-4H3. The van der Waals surface area contributed by atoms with Gasteiger partial charge < -0.3 is 4.90 Å². The Balaban J connectivity index is 1.85. The highest BCUT2D eigenvalue weighted by molar-refractivity contribution is 6.31. The summed E-state index contributed by atoms with van der Waals surface area (Å²) in [4.78, 5) is 15.1. The highest BCUT2D eigenvalue weighted by atomic mass is 35.5. The van der Waals surface area contributed by atoms with E-state index in [-0.39, 0.29) is 11.9 Å². The fourth-order valence-electron chi connectivity index (χ4n) is 3.77. The van der Waals surface area contributed by atoms with E-state index in [1.165, 1.54) is 12.8 Å². The van der Waals surface area contributed by atoms with Crippen molar-refractivity contribution < 1.29 is 4.79 Å². The lowest BCUT2D eigenvalue weighted by molar-refractivity contribution is 0.0613. The first-order chi connectivity index (χ1) is 11.9. The molecular weight excluding hydrogens is 334 g/mol. The van der Waals surface area contributed by atoms with Crippen molar-refractivity contribution in [1.82, 2.24) is 14.7 Å². The molecule has 1 aliphatic carbocycles. The summed E-state index contributed by atoms with van der Waals surface area (Å²) in [7, 11) is 0. The molecule has 1 aromatic heterocycles. The Morgan fingerprint density at radius 3 is 2.28 bits per heavy atom. The summed E-state index contributed by atoms with van der Waals surface area (Å²) in [5.74, 6) is 0.125. The second-order valence-electron chi connectivity index (χ2n) is 7.19. The van der Waals surface area contributed by atoms with Gasteiger partial charge in [-0.05, 0) is 64.8 Å². The van der Waals surface area contributed by atoms with Gasteiger partial charge in [0.1, 0.15) is 0 Å². The minimum atomic E-state index is 0.125. The molecular formula is C20H26ClN3O. The van der Waals surface area contributed by atoms with Crippen molar-refractivity contribution in [3.8, 4) is 5.69 Å². The zero-order valence-corrected chi connectivity index (χ0v) is 16.2. The highest BCUT2D eigenvalue weighted by Crippen LogP contribution is 2.27. The smallest absolute Gasteiger partial charge is 0.254 e. The van der Waals surface area contributed by atoms with Crippen molar-refractivity contribution in [1.29, 1.82) is 0 Å². The molecule has 1 saturated carbocycles. The topological polar surface area (TPSA) is 38.1 Å². The highest BCUT2D eigenvalue weighted by Gasteiger charge is 2.29. The van der Waals surface area contributed by atoms with Crippen LogP contribution in [0.2, 0.25) is 5.02 Å². The minimum Gasteiger partial charge on any atom is -0.333 e. The molecule has 0 spiro atoms. The van der Waals surface area contributed by atoms with Crippen LogP contribution in [0.1, 0.15) is 61.3 Å². The Morgan fingerprint density at radius 2 is 1.80 bits per heavy atom. The maximum absolute atomic E-state index is 13.0. The number of aromatic nitrogens is 2. The summed E-state index contributed by atoms with van der Waals surface area (Å²) in [5, 5.41) is 5.16. The molecule has 0 aliphatic heterocycles. The summed E-state index contributed by atoms with van der Waals surface area (Å²) in [5.41, 5.74) is 3.37. The summed E-state index contributed by atoms with van der Waals surface area (Å²) in [6, 6.07) is 8.26. The summed E-state index contributed by atoms with van der Waals surface area (Å²) >= 11 is 6.23. The lowest BCUT2D eigenvalue weighted by atomic mass is 10.1. The lowest BCUT2D eigenvalue weighted by Gasteiger charge is -2.33. The van der Waals surface area contributed by atoms with Gasteiger partial charge in [-0.1, -0.05) is 24.4 Å². The van der Waals surface area contributed by atoms with E-state index in [0.29, 0.717) is 11.1 Å². The molecule has 0 N–H and O–H groups in total. The summed E-state index contributed by atoms with van der Waals surface area (Å²) < 4.78 is 1.82. The zero-order chi connectivity index (χ0) is 18.1. The Hall–Kier alpha value is -1.81. The number of hydrogen-bond acceptors (Lipinski definition) is 2. The van der Waals surface area contributed by atoms with E-state index >= 15 is 0 Å². The van der Waals surface area contributed by atoms with Crippen LogP contribution in [0.3, 0.4) is 0 Å². The third-order valence-corrected chi connectivity index (χ3v) is 5.62. The number of aryl methyl sites for hydroxylation is 1. The normalized spacial score (nSPS) is 15.1. The summed E-state index contributed by atoms with van der Waals surface area (Å²) in [6.07, 6.45) is 4.68. The van der Waals surface area contributed by atoms with Crippen molar-refractivity contribution in [2.75, 3.05) is 0 Å². The Labute approximate surface area is 154 Å². The van der Waals surface area contributed by atoms with Crippen molar-refractivity contribution in [2.24, 2.45) is 0 Å². The SMILES string of the molecule is Cc1nn(-c2ccc(C(=O)N(C(C)C)C3CCCC3)cc2)c(C)c1Cl. The Bertz CT molecular complexity index is 758. The first-order valence-corrected chi connectivity index (χ1v) is 9.42. The largest absolute Gasteiger partial charge is 0.333 e. The minimum absolute atomic E-state index is 0.125. The number of hydrogen-bond donors (Lipinski definition) is 0. The molecule has 0 radical (unpaired) electrons. The van der Waals surface area contributed by atoms with Gasteiger partial charge in [-0.25, -0.2) is 4.68 Å². The van der Waals surface area contributed by atoms with Gasteiger partial charge in [-0.3, -0.25) is 4.79 Å². The average molecular weight is 360 g/mol. The maximum Gasteiger partial charge on any atom is 0.254 e. The van der Waals surface area contributed by atoms with Crippen LogP contribution < -0.4 is 0 Å². The first kappa shape index (κ1) is 18.0. The molecule has 1 amide bonds. The van der Waals surface area contributed by atoms with E-state index in [1.54, 1.807) is 0 Å². The molecule has 0 atom stereocenters. The molecule has 0 saturated heterocycles. The average Bonchev–Trinajstić information content (AvgIpc) is 3.19. The van der Waals surface area contributed by atoms with Gasteiger partial charge in [0.2, 0.25) is 0 Å². The number of carbonyl (C=O) groups excluding carboxylic acids is 1. The molecule has 0 unspecified atom stereocenters. The van der Waals surface area contributed by atoms with E-state index in [2.05, 4.69) is 23.8 Å². The molecule has 1 heterocycles. The number of amides is 1. The number of rotatable bonds is 4. The van der Waals surface area contributed by atoms with E-state index in [9.17, 15) is 4.79 Å². The second kappa shape index (κ2) is 7.20. The van der Waals surface area contributed by atoms with Gasteiger partial charge in [0.25, 0.3) is 5.91 Å². The monoisotopic (exact) mass is 359 g/mol. The molecule has 5 heteroatoms. The Morgan fingerprint density at radius 1 is 1.20 bits per heavy atom. The van der Waals surface area contributed by atoms with Crippen LogP contribution in [0, 0.1) is 13.8 Å². The molecule has 0 bridgehead atoms. The molecule has 25 heavy (non-hydrogen) atoms. The van der Waals surface area contributed by atoms with E-state index in [0.717, 1.165) is 35.5 Å². The third kappa shape index (κ3) is 3.45. The van der Waals surface area contributed by atoms with E-state index in [4.69, 9.17) is 11.6 Å². The van der Waals surface area contributed by atoms with Gasteiger partial charge in [-0.2, -0.15) is 5.10 Å². The van der Waals surface area contributed by atoms with Crippen LogP contribution in [0.4, 0.5) is 0 Å².